The highest BCUT2D eigenvalue weighted by atomic mass is 19.1. The van der Waals surface area contributed by atoms with Crippen LogP contribution in [-0.4, -0.2) is 29.3 Å². The van der Waals surface area contributed by atoms with Crippen molar-refractivity contribution in [2.24, 2.45) is 0 Å². The third-order valence-electron chi connectivity index (χ3n) is 3.82. The van der Waals surface area contributed by atoms with Gasteiger partial charge in [0.25, 0.3) is 0 Å². The number of carboxylic acids is 1. The SMILES string of the molecule is Nc1cc(F)c(NC2CC3CCC2O3)cc1C(=O)O. The fourth-order valence-electron chi connectivity index (χ4n) is 2.87. The maximum absolute atomic E-state index is 13.8. The summed E-state index contributed by atoms with van der Waals surface area (Å²) in [7, 11) is 0. The molecule has 1 aromatic carbocycles. The van der Waals surface area contributed by atoms with Crippen molar-refractivity contribution in [3.8, 4) is 0 Å². The van der Waals surface area contributed by atoms with Gasteiger partial charge >= 0.3 is 5.97 Å². The van der Waals surface area contributed by atoms with Crippen LogP contribution in [0.5, 0.6) is 0 Å². The van der Waals surface area contributed by atoms with E-state index < -0.39 is 11.8 Å². The average Bonchev–Trinajstić information content (AvgIpc) is 2.94. The van der Waals surface area contributed by atoms with E-state index in [9.17, 15) is 9.18 Å². The zero-order chi connectivity index (χ0) is 13.6. The number of rotatable bonds is 3. The monoisotopic (exact) mass is 266 g/mol. The Morgan fingerprint density at radius 2 is 2.26 bits per heavy atom. The third-order valence-corrected chi connectivity index (χ3v) is 3.82. The van der Waals surface area contributed by atoms with Gasteiger partial charge in [0.15, 0.2) is 0 Å². The molecule has 5 nitrogen and oxygen atoms in total. The van der Waals surface area contributed by atoms with Crippen LogP contribution in [0.1, 0.15) is 29.6 Å². The summed E-state index contributed by atoms with van der Waals surface area (Å²) in [5.41, 5.74) is 5.50. The van der Waals surface area contributed by atoms with Crippen LogP contribution in [0.4, 0.5) is 15.8 Å². The molecule has 3 unspecified atom stereocenters. The predicted molar refractivity (Wildman–Crippen MR) is 67.7 cm³/mol. The lowest BCUT2D eigenvalue weighted by atomic mass is 9.95. The van der Waals surface area contributed by atoms with Crippen molar-refractivity contribution in [2.75, 3.05) is 11.1 Å². The van der Waals surface area contributed by atoms with E-state index in [0.29, 0.717) is 0 Å². The minimum atomic E-state index is -1.16. The summed E-state index contributed by atoms with van der Waals surface area (Å²) in [5.74, 6) is -1.70. The first-order valence-electron chi connectivity index (χ1n) is 6.29. The molecular weight excluding hydrogens is 251 g/mol. The molecule has 2 bridgehead atoms. The van der Waals surface area contributed by atoms with Gasteiger partial charge in [-0.1, -0.05) is 0 Å². The molecule has 0 aromatic heterocycles. The number of carboxylic acid groups (broad SMARTS) is 1. The van der Waals surface area contributed by atoms with Gasteiger partial charge in [-0.2, -0.15) is 0 Å². The van der Waals surface area contributed by atoms with Gasteiger partial charge in [-0.3, -0.25) is 0 Å². The number of nitrogens with two attached hydrogens (primary N) is 1. The first-order valence-corrected chi connectivity index (χ1v) is 6.29. The van der Waals surface area contributed by atoms with Crippen LogP contribution in [0, 0.1) is 5.82 Å². The number of halogens is 1. The Bertz CT molecular complexity index is 535. The van der Waals surface area contributed by atoms with E-state index in [0.717, 1.165) is 25.3 Å². The highest BCUT2D eigenvalue weighted by Gasteiger charge is 2.40. The Kier molecular flexibility index (Phi) is 2.82. The lowest BCUT2D eigenvalue weighted by Crippen LogP contribution is -2.31. The Balaban J connectivity index is 1.84. The lowest BCUT2D eigenvalue weighted by Gasteiger charge is -2.22. The van der Waals surface area contributed by atoms with Gasteiger partial charge in [-0.15, -0.1) is 0 Å². The lowest BCUT2D eigenvalue weighted by molar-refractivity contribution is 0.0698. The van der Waals surface area contributed by atoms with Gasteiger partial charge in [-0.25, -0.2) is 9.18 Å². The van der Waals surface area contributed by atoms with Crippen LogP contribution in [0.25, 0.3) is 0 Å². The zero-order valence-corrected chi connectivity index (χ0v) is 10.2. The van der Waals surface area contributed by atoms with E-state index in [1.807, 2.05) is 0 Å². The molecule has 0 aliphatic carbocycles. The van der Waals surface area contributed by atoms with E-state index in [1.165, 1.54) is 6.07 Å². The Morgan fingerprint density at radius 3 is 2.84 bits per heavy atom. The Hall–Kier alpha value is -1.82. The maximum Gasteiger partial charge on any atom is 0.337 e. The standard InChI is InChI=1S/C13H15FN2O3/c14-8-5-9(15)7(13(17)18)4-10(8)16-11-3-6-1-2-12(11)19-6/h4-6,11-12,16H,1-3,15H2,(H,17,18). The summed E-state index contributed by atoms with van der Waals surface area (Å²) >= 11 is 0. The number of benzene rings is 1. The summed E-state index contributed by atoms with van der Waals surface area (Å²) in [6.07, 6.45) is 3.18. The van der Waals surface area contributed by atoms with E-state index >= 15 is 0 Å². The molecule has 3 atom stereocenters. The molecule has 2 saturated heterocycles. The van der Waals surface area contributed by atoms with Gasteiger partial charge in [-0.05, 0) is 31.4 Å². The first kappa shape index (κ1) is 12.2. The molecule has 19 heavy (non-hydrogen) atoms. The number of hydrogen-bond acceptors (Lipinski definition) is 4. The number of ether oxygens (including phenoxy) is 1. The highest BCUT2D eigenvalue weighted by Crippen LogP contribution is 2.36. The second kappa shape index (κ2) is 4.38. The fraction of sp³-hybridized carbons (Fsp3) is 0.462. The fourth-order valence-corrected chi connectivity index (χ4v) is 2.87. The summed E-state index contributed by atoms with van der Waals surface area (Å²) in [6.45, 7) is 0. The van der Waals surface area contributed by atoms with E-state index in [4.69, 9.17) is 15.6 Å². The average molecular weight is 266 g/mol. The summed E-state index contributed by atoms with van der Waals surface area (Å²) in [4.78, 5) is 11.0. The number of fused-ring (bicyclic) bond motifs is 2. The number of nitrogen functional groups attached to an aromatic ring is 1. The van der Waals surface area contributed by atoms with E-state index in [1.54, 1.807) is 0 Å². The number of anilines is 2. The minimum absolute atomic E-state index is 0.0403. The van der Waals surface area contributed by atoms with Crippen molar-refractivity contribution in [1.82, 2.24) is 0 Å². The molecule has 4 N–H and O–H groups in total. The van der Waals surface area contributed by atoms with Crippen molar-refractivity contribution in [3.05, 3.63) is 23.5 Å². The molecule has 0 radical (unpaired) electrons. The van der Waals surface area contributed by atoms with Crippen molar-refractivity contribution >= 4 is 17.3 Å². The molecule has 102 valence electrons. The molecule has 0 spiro atoms. The van der Waals surface area contributed by atoms with Gasteiger partial charge in [0.2, 0.25) is 0 Å². The number of aromatic carboxylic acids is 1. The van der Waals surface area contributed by atoms with Crippen molar-refractivity contribution < 1.29 is 19.0 Å². The smallest absolute Gasteiger partial charge is 0.337 e. The second-order valence-electron chi connectivity index (χ2n) is 5.08. The topological polar surface area (TPSA) is 84.6 Å². The molecule has 0 saturated carbocycles. The number of hydrogen-bond donors (Lipinski definition) is 3. The van der Waals surface area contributed by atoms with Crippen LogP contribution < -0.4 is 11.1 Å². The number of carbonyl (C=O) groups is 1. The second-order valence-corrected chi connectivity index (χ2v) is 5.08. The van der Waals surface area contributed by atoms with Gasteiger partial charge in [0.1, 0.15) is 5.82 Å². The largest absolute Gasteiger partial charge is 0.478 e. The normalized spacial score (nSPS) is 28.6. The molecule has 6 heteroatoms. The summed E-state index contributed by atoms with van der Waals surface area (Å²) < 4.78 is 19.5. The molecule has 3 rings (SSSR count). The van der Waals surface area contributed by atoms with Crippen molar-refractivity contribution in [1.29, 1.82) is 0 Å². The Labute approximate surface area is 109 Å². The molecular formula is C13H15FN2O3. The molecule has 0 amide bonds. The summed E-state index contributed by atoms with van der Waals surface area (Å²) in [6, 6.07) is 2.33. The minimum Gasteiger partial charge on any atom is -0.478 e. The first-order chi connectivity index (χ1) is 9.04. The van der Waals surface area contributed by atoms with Crippen LogP contribution >= 0.6 is 0 Å². The predicted octanol–water partition coefficient (Wildman–Crippen LogP) is 1.84. The van der Waals surface area contributed by atoms with Gasteiger partial charge < -0.3 is 20.9 Å². The maximum atomic E-state index is 13.8. The molecule has 2 heterocycles. The summed E-state index contributed by atoms with van der Waals surface area (Å²) in [5, 5.41) is 12.0. The quantitative estimate of drug-likeness (QED) is 0.727. The van der Waals surface area contributed by atoms with Crippen LogP contribution in [-0.2, 0) is 4.74 Å². The van der Waals surface area contributed by atoms with Crippen LogP contribution in [0.3, 0.4) is 0 Å². The number of nitrogens with one attached hydrogen (secondary N) is 1. The van der Waals surface area contributed by atoms with E-state index in [2.05, 4.69) is 5.32 Å². The molecule has 1 aromatic rings. The third kappa shape index (κ3) is 2.12. The van der Waals surface area contributed by atoms with Crippen molar-refractivity contribution in [3.63, 3.8) is 0 Å². The molecule has 2 fully saturated rings. The molecule has 2 aliphatic heterocycles. The van der Waals surface area contributed by atoms with E-state index in [-0.39, 0.29) is 35.2 Å². The van der Waals surface area contributed by atoms with Crippen LogP contribution in [0.2, 0.25) is 0 Å². The van der Waals surface area contributed by atoms with Crippen molar-refractivity contribution in [2.45, 2.75) is 37.5 Å². The zero-order valence-electron chi connectivity index (χ0n) is 10.2. The van der Waals surface area contributed by atoms with Gasteiger partial charge in [0.05, 0.1) is 29.5 Å². The molecule has 2 aliphatic rings. The van der Waals surface area contributed by atoms with Crippen LogP contribution in [0.15, 0.2) is 12.1 Å². The highest BCUT2D eigenvalue weighted by molar-refractivity contribution is 5.94. The Morgan fingerprint density at radius 1 is 1.47 bits per heavy atom. The van der Waals surface area contributed by atoms with Gasteiger partial charge in [0, 0.05) is 5.69 Å².